The zero-order valence-corrected chi connectivity index (χ0v) is 20.6. The number of benzene rings is 1. The zero-order chi connectivity index (χ0) is 26.0. The van der Waals surface area contributed by atoms with Gasteiger partial charge in [0.2, 0.25) is 11.3 Å². The van der Waals surface area contributed by atoms with Crippen LogP contribution in [0.4, 0.5) is 4.39 Å². The molecule has 1 heterocycles. The molecular weight excluding hydrogens is 479 g/mol. The van der Waals surface area contributed by atoms with Gasteiger partial charge in [0.05, 0.1) is 5.02 Å². The summed E-state index contributed by atoms with van der Waals surface area (Å²) >= 11 is 5.73. The molecule has 0 radical (unpaired) electrons. The largest absolute Gasteiger partial charge is 0.503 e. The molecule has 35 heavy (non-hydrogen) atoms. The van der Waals surface area contributed by atoms with Crippen LogP contribution in [-0.2, 0) is 11.3 Å². The summed E-state index contributed by atoms with van der Waals surface area (Å²) in [5.41, 5.74) is -1.70. The molecular formula is C24H28ClFN4O5. The number of carbonyl (C=O) groups excluding carboxylic acids is 3. The van der Waals surface area contributed by atoms with E-state index >= 15 is 0 Å². The summed E-state index contributed by atoms with van der Waals surface area (Å²) in [6.45, 7) is 3.63. The van der Waals surface area contributed by atoms with Crippen molar-refractivity contribution in [1.29, 1.82) is 0 Å². The van der Waals surface area contributed by atoms with E-state index in [4.69, 9.17) is 11.6 Å². The highest BCUT2D eigenvalue weighted by molar-refractivity contribution is 6.30. The summed E-state index contributed by atoms with van der Waals surface area (Å²) in [6.07, 6.45) is 1.69. The van der Waals surface area contributed by atoms with Crippen LogP contribution in [0, 0.1) is 17.7 Å². The molecule has 1 saturated carbocycles. The number of aromatic hydroxyl groups is 1. The number of pyridine rings is 1. The zero-order valence-electron chi connectivity index (χ0n) is 19.9. The van der Waals surface area contributed by atoms with Crippen molar-refractivity contribution in [1.82, 2.24) is 20.1 Å². The van der Waals surface area contributed by atoms with Crippen LogP contribution < -0.4 is 10.7 Å². The average Bonchev–Trinajstić information content (AvgIpc) is 3.58. The van der Waals surface area contributed by atoms with E-state index in [9.17, 15) is 28.7 Å². The van der Waals surface area contributed by atoms with E-state index in [0.29, 0.717) is 6.42 Å². The van der Waals surface area contributed by atoms with Crippen molar-refractivity contribution in [3.63, 3.8) is 0 Å². The molecule has 0 saturated heterocycles. The highest BCUT2D eigenvalue weighted by atomic mass is 35.5. The van der Waals surface area contributed by atoms with Gasteiger partial charge in [-0.05, 0) is 32.3 Å². The third-order valence-electron chi connectivity index (χ3n) is 5.98. The Kier molecular flexibility index (Phi) is 7.84. The number of halogens is 2. The Labute approximate surface area is 206 Å². The second-order valence-corrected chi connectivity index (χ2v) is 9.44. The second kappa shape index (κ2) is 10.5. The van der Waals surface area contributed by atoms with Crippen molar-refractivity contribution in [3.05, 3.63) is 62.3 Å². The molecule has 1 unspecified atom stereocenters. The van der Waals surface area contributed by atoms with Crippen LogP contribution in [-0.4, -0.2) is 64.3 Å². The number of H-pyrrole nitrogens is 1. The smallest absolute Gasteiger partial charge is 0.274 e. The molecule has 11 heteroatoms. The minimum Gasteiger partial charge on any atom is -0.503 e. The van der Waals surface area contributed by atoms with Crippen molar-refractivity contribution in [2.24, 2.45) is 11.8 Å². The topological polar surface area (TPSA) is 123 Å². The molecule has 188 valence electrons. The Morgan fingerprint density at radius 3 is 2.60 bits per heavy atom. The first-order valence-electron chi connectivity index (χ1n) is 11.1. The van der Waals surface area contributed by atoms with Gasteiger partial charge in [0.15, 0.2) is 11.4 Å². The minimum absolute atomic E-state index is 0.00423. The summed E-state index contributed by atoms with van der Waals surface area (Å²) in [4.78, 5) is 56.0. The number of nitrogens with zero attached hydrogens (tertiary/aromatic N) is 2. The van der Waals surface area contributed by atoms with E-state index in [1.807, 2.05) is 0 Å². The Balaban J connectivity index is 1.74. The van der Waals surface area contributed by atoms with E-state index in [2.05, 4.69) is 10.3 Å². The van der Waals surface area contributed by atoms with Gasteiger partial charge in [0.1, 0.15) is 11.4 Å². The fraction of sp³-hybridized carbons (Fsp3) is 0.417. The molecule has 2 aromatic rings. The van der Waals surface area contributed by atoms with Crippen LogP contribution in [0.2, 0.25) is 5.02 Å². The lowest BCUT2D eigenvalue weighted by molar-refractivity contribution is -0.130. The number of hydrogen-bond donors (Lipinski definition) is 3. The van der Waals surface area contributed by atoms with Crippen LogP contribution in [0.3, 0.4) is 0 Å². The molecule has 1 aliphatic carbocycles. The van der Waals surface area contributed by atoms with Crippen molar-refractivity contribution in [3.8, 4) is 5.75 Å². The number of rotatable bonds is 8. The molecule has 3 amide bonds. The van der Waals surface area contributed by atoms with Crippen molar-refractivity contribution in [2.75, 3.05) is 20.6 Å². The first-order chi connectivity index (χ1) is 16.4. The van der Waals surface area contributed by atoms with Crippen molar-refractivity contribution in [2.45, 2.75) is 32.9 Å². The van der Waals surface area contributed by atoms with E-state index in [0.717, 1.165) is 6.20 Å². The first-order valence-corrected chi connectivity index (χ1v) is 11.5. The number of carbonyl (C=O) groups is 3. The maximum Gasteiger partial charge on any atom is 0.274 e. The summed E-state index contributed by atoms with van der Waals surface area (Å²) in [5.74, 6) is -3.24. The summed E-state index contributed by atoms with van der Waals surface area (Å²) in [6, 6.07) is 4.05. The summed E-state index contributed by atoms with van der Waals surface area (Å²) < 4.78 is 14.0. The highest BCUT2D eigenvalue weighted by Gasteiger charge is 2.45. The highest BCUT2D eigenvalue weighted by Crippen LogP contribution is 2.40. The minimum atomic E-state index is -1.04. The first kappa shape index (κ1) is 26.2. The number of amides is 3. The Morgan fingerprint density at radius 2 is 1.97 bits per heavy atom. The molecule has 1 fully saturated rings. The van der Waals surface area contributed by atoms with Crippen LogP contribution in [0.25, 0.3) is 0 Å². The molecule has 9 nitrogen and oxygen atoms in total. The van der Waals surface area contributed by atoms with Gasteiger partial charge in [0, 0.05) is 50.9 Å². The molecule has 0 spiro atoms. The third-order valence-corrected chi connectivity index (χ3v) is 6.27. The van der Waals surface area contributed by atoms with E-state index in [-0.39, 0.29) is 53.2 Å². The lowest BCUT2D eigenvalue weighted by atomic mass is 10.1. The monoisotopic (exact) mass is 506 g/mol. The second-order valence-electron chi connectivity index (χ2n) is 9.04. The van der Waals surface area contributed by atoms with Crippen LogP contribution >= 0.6 is 11.6 Å². The summed E-state index contributed by atoms with van der Waals surface area (Å²) in [5, 5.41) is 12.7. The maximum absolute atomic E-state index is 14.0. The van der Waals surface area contributed by atoms with Gasteiger partial charge in [-0.2, -0.15) is 0 Å². The molecule has 2 atom stereocenters. The van der Waals surface area contributed by atoms with Gasteiger partial charge in [-0.25, -0.2) is 4.39 Å². The third kappa shape index (κ3) is 5.64. The normalized spacial score (nSPS) is 16.7. The maximum atomic E-state index is 14.0. The standard InChI is InChI=1S/C24H28ClFN4O5/c1-12(2)30(11-14-8-15(14)23(34)29(3)4)24(35)19-21(32)20(31)16(10-27-19)22(33)28-9-13-6-5-7-17(25)18(13)26/h5-7,10,12,14-15,32H,8-9,11H2,1-4H3,(H,27,31)(H,28,33)/t14-,15?/m0/s1. The lowest BCUT2D eigenvalue weighted by Crippen LogP contribution is -2.40. The molecule has 0 bridgehead atoms. The van der Waals surface area contributed by atoms with Crippen LogP contribution in [0.1, 0.15) is 46.7 Å². The molecule has 1 aliphatic rings. The number of aromatic amines is 1. The Morgan fingerprint density at radius 1 is 1.29 bits per heavy atom. The van der Waals surface area contributed by atoms with Gasteiger partial charge >= 0.3 is 0 Å². The predicted octanol–water partition coefficient (Wildman–Crippen LogP) is 2.38. The molecule has 0 aliphatic heterocycles. The average molecular weight is 507 g/mol. The number of aromatic nitrogens is 1. The fourth-order valence-electron chi connectivity index (χ4n) is 3.81. The van der Waals surface area contributed by atoms with E-state index < -0.39 is 34.4 Å². The molecule has 1 aromatic heterocycles. The fourth-order valence-corrected chi connectivity index (χ4v) is 4.01. The van der Waals surface area contributed by atoms with E-state index in [1.54, 1.807) is 27.9 Å². The van der Waals surface area contributed by atoms with Gasteiger partial charge < -0.3 is 25.2 Å². The predicted molar refractivity (Wildman–Crippen MR) is 128 cm³/mol. The molecule has 1 aromatic carbocycles. The quantitative estimate of drug-likeness (QED) is 0.507. The van der Waals surface area contributed by atoms with Crippen molar-refractivity contribution >= 4 is 29.3 Å². The van der Waals surface area contributed by atoms with Crippen LogP contribution in [0.5, 0.6) is 5.75 Å². The van der Waals surface area contributed by atoms with E-state index in [1.165, 1.54) is 28.0 Å². The molecule has 3 N–H and O–H groups in total. The SMILES string of the molecule is CC(C)N(C[C@@H]1CC1C(=O)N(C)C)C(=O)c1[nH]cc(C(=O)NCc2cccc(Cl)c2F)c(=O)c1O. The van der Waals surface area contributed by atoms with Crippen LogP contribution in [0.15, 0.2) is 29.2 Å². The van der Waals surface area contributed by atoms with Gasteiger partial charge in [0.25, 0.3) is 11.8 Å². The van der Waals surface area contributed by atoms with Gasteiger partial charge in [-0.1, -0.05) is 23.7 Å². The Bertz CT molecular complexity index is 1210. The van der Waals surface area contributed by atoms with Crippen molar-refractivity contribution < 1.29 is 23.9 Å². The lowest BCUT2D eigenvalue weighted by Gasteiger charge is -2.27. The Hall–Kier alpha value is -3.40. The number of nitrogens with one attached hydrogen (secondary N) is 2. The van der Waals surface area contributed by atoms with Gasteiger partial charge in [-0.15, -0.1) is 0 Å². The number of hydrogen-bond acceptors (Lipinski definition) is 5. The summed E-state index contributed by atoms with van der Waals surface area (Å²) in [7, 11) is 3.35. The molecule has 3 rings (SSSR count). The van der Waals surface area contributed by atoms with Gasteiger partial charge in [-0.3, -0.25) is 19.2 Å².